The second-order valence-corrected chi connectivity index (χ2v) is 5.96. The first-order valence-corrected chi connectivity index (χ1v) is 6.79. The topological polar surface area (TPSA) is 49.6 Å². The van der Waals surface area contributed by atoms with Gasteiger partial charge in [0.2, 0.25) is 5.91 Å². The molecule has 0 radical (unpaired) electrons. The zero-order chi connectivity index (χ0) is 12.5. The van der Waals surface area contributed by atoms with E-state index in [1.165, 1.54) is 25.7 Å². The molecule has 17 heavy (non-hydrogen) atoms. The van der Waals surface area contributed by atoms with Crippen LogP contribution in [0.25, 0.3) is 0 Å². The van der Waals surface area contributed by atoms with Crippen molar-refractivity contribution in [3.05, 3.63) is 0 Å². The molecule has 4 nitrogen and oxygen atoms in total. The molecule has 2 N–H and O–H groups in total. The molecule has 1 amide bonds. The van der Waals surface area contributed by atoms with Crippen LogP contribution in [-0.2, 0) is 4.79 Å². The van der Waals surface area contributed by atoms with Gasteiger partial charge in [-0.05, 0) is 26.7 Å². The highest BCUT2D eigenvalue weighted by Gasteiger charge is 2.35. The Morgan fingerprint density at radius 3 is 2.47 bits per heavy atom. The van der Waals surface area contributed by atoms with E-state index in [0.717, 1.165) is 13.1 Å². The Labute approximate surface area is 104 Å². The van der Waals surface area contributed by atoms with E-state index in [9.17, 15) is 4.79 Å². The van der Waals surface area contributed by atoms with Gasteiger partial charge in [-0.3, -0.25) is 9.69 Å². The number of piperazine rings is 1. The average Bonchev–Trinajstić information content (AvgIpc) is 2.82. The molecule has 0 unspecified atom stereocenters. The maximum atomic E-state index is 12.2. The highest BCUT2D eigenvalue weighted by molar-refractivity contribution is 5.79. The van der Waals surface area contributed by atoms with Crippen molar-refractivity contribution >= 4 is 5.91 Å². The van der Waals surface area contributed by atoms with Crippen LogP contribution < -0.4 is 5.73 Å². The van der Waals surface area contributed by atoms with E-state index >= 15 is 0 Å². The highest BCUT2D eigenvalue weighted by Crippen LogP contribution is 2.26. The third-order valence-corrected chi connectivity index (χ3v) is 4.38. The van der Waals surface area contributed by atoms with Gasteiger partial charge < -0.3 is 10.6 Å². The molecule has 98 valence electrons. The van der Waals surface area contributed by atoms with Gasteiger partial charge in [0.05, 0.1) is 6.54 Å². The van der Waals surface area contributed by atoms with Crippen molar-refractivity contribution in [3.8, 4) is 0 Å². The SMILES string of the molecule is CC(C)(CN)N1CCN(C2CCCC2)C(=O)C1. The fourth-order valence-corrected chi connectivity index (χ4v) is 2.93. The van der Waals surface area contributed by atoms with Gasteiger partial charge in [0.1, 0.15) is 0 Å². The van der Waals surface area contributed by atoms with Crippen LogP contribution in [0.15, 0.2) is 0 Å². The molecule has 1 saturated carbocycles. The maximum Gasteiger partial charge on any atom is 0.237 e. The smallest absolute Gasteiger partial charge is 0.237 e. The third kappa shape index (κ3) is 2.63. The number of hydrogen-bond donors (Lipinski definition) is 1. The molecule has 1 saturated heterocycles. The summed E-state index contributed by atoms with van der Waals surface area (Å²) in [6, 6.07) is 0.519. The molecule has 0 atom stereocenters. The molecule has 2 fully saturated rings. The largest absolute Gasteiger partial charge is 0.337 e. The molecule has 0 spiro atoms. The molecule has 0 aromatic rings. The Morgan fingerprint density at radius 1 is 1.29 bits per heavy atom. The monoisotopic (exact) mass is 239 g/mol. The molecule has 0 aromatic carbocycles. The second-order valence-electron chi connectivity index (χ2n) is 5.96. The molecule has 1 aliphatic carbocycles. The summed E-state index contributed by atoms with van der Waals surface area (Å²) in [4.78, 5) is 16.5. The van der Waals surface area contributed by atoms with Gasteiger partial charge in [0.25, 0.3) is 0 Å². The molecule has 1 aliphatic heterocycles. The van der Waals surface area contributed by atoms with Crippen molar-refractivity contribution in [1.82, 2.24) is 9.80 Å². The van der Waals surface area contributed by atoms with Crippen LogP contribution in [0.5, 0.6) is 0 Å². The minimum atomic E-state index is -0.0581. The summed E-state index contributed by atoms with van der Waals surface area (Å²) in [6.45, 7) is 7.22. The lowest BCUT2D eigenvalue weighted by atomic mass is 10.0. The van der Waals surface area contributed by atoms with Crippen LogP contribution in [0.4, 0.5) is 0 Å². The lowest BCUT2D eigenvalue weighted by Crippen LogP contribution is -2.60. The Morgan fingerprint density at radius 2 is 1.94 bits per heavy atom. The number of rotatable bonds is 3. The normalized spacial score (nSPS) is 24.6. The first-order chi connectivity index (χ1) is 8.04. The predicted octanol–water partition coefficient (Wildman–Crippen LogP) is 0.811. The minimum absolute atomic E-state index is 0.0581. The van der Waals surface area contributed by atoms with Crippen LogP contribution in [0, 0.1) is 0 Å². The van der Waals surface area contributed by atoms with Crippen molar-refractivity contribution in [2.75, 3.05) is 26.2 Å². The quantitative estimate of drug-likeness (QED) is 0.793. The summed E-state index contributed by atoms with van der Waals surface area (Å²) in [5, 5.41) is 0. The molecule has 0 aromatic heterocycles. The van der Waals surface area contributed by atoms with Gasteiger partial charge in [-0.15, -0.1) is 0 Å². The second kappa shape index (κ2) is 4.94. The van der Waals surface area contributed by atoms with E-state index in [4.69, 9.17) is 5.73 Å². The molecule has 4 heteroatoms. The summed E-state index contributed by atoms with van der Waals surface area (Å²) in [6.07, 6.45) is 4.97. The van der Waals surface area contributed by atoms with Crippen molar-refractivity contribution in [3.63, 3.8) is 0 Å². The predicted molar refractivity (Wildman–Crippen MR) is 68.7 cm³/mol. The van der Waals surface area contributed by atoms with Crippen LogP contribution in [0.1, 0.15) is 39.5 Å². The van der Waals surface area contributed by atoms with Gasteiger partial charge in [-0.2, -0.15) is 0 Å². The molecular formula is C13H25N3O. The number of carbonyl (C=O) groups excluding carboxylic acids is 1. The Balaban J connectivity index is 1.95. The van der Waals surface area contributed by atoms with E-state index in [1.54, 1.807) is 0 Å². The van der Waals surface area contributed by atoms with Crippen LogP contribution in [-0.4, -0.2) is 53.5 Å². The van der Waals surface area contributed by atoms with Crippen LogP contribution in [0.3, 0.4) is 0 Å². The number of hydrogen-bond acceptors (Lipinski definition) is 3. The Bertz CT molecular complexity index is 284. The average molecular weight is 239 g/mol. The van der Waals surface area contributed by atoms with E-state index in [0.29, 0.717) is 25.0 Å². The molecule has 2 aliphatic rings. The molecular weight excluding hydrogens is 214 g/mol. The van der Waals surface area contributed by atoms with Crippen molar-refractivity contribution in [2.45, 2.75) is 51.1 Å². The number of carbonyl (C=O) groups is 1. The van der Waals surface area contributed by atoms with Gasteiger partial charge in [0, 0.05) is 31.2 Å². The lowest BCUT2D eigenvalue weighted by molar-refractivity contribution is -0.141. The zero-order valence-corrected chi connectivity index (χ0v) is 11.1. The summed E-state index contributed by atoms with van der Waals surface area (Å²) < 4.78 is 0. The standard InChI is InChI=1S/C13H25N3O/c1-13(2,10-14)15-7-8-16(12(17)9-15)11-5-3-4-6-11/h11H,3-10,14H2,1-2H3. The van der Waals surface area contributed by atoms with Gasteiger partial charge in [-0.25, -0.2) is 0 Å². The summed E-state index contributed by atoms with van der Waals surface area (Å²) in [7, 11) is 0. The third-order valence-electron chi connectivity index (χ3n) is 4.38. The number of nitrogens with zero attached hydrogens (tertiary/aromatic N) is 2. The fourth-order valence-electron chi connectivity index (χ4n) is 2.93. The Kier molecular flexibility index (Phi) is 3.73. The van der Waals surface area contributed by atoms with Crippen molar-refractivity contribution in [2.24, 2.45) is 5.73 Å². The highest BCUT2D eigenvalue weighted by atomic mass is 16.2. The van der Waals surface area contributed by atoms with Gasteiger partial charge in [0.15, 0.2) is 0 Å². The summed E-state index contributed by atoms with van der Waals surface area (Å²) in [5.41, 5.74) is 5.71. The van der Waals surface area contributed by atoms with E-state index in [1.807, 2.05) is 0 Å². The van der Waals surface area contributed by atoms with E-state index in [2.05, 4.69) is 23.6 Å². The number of amides is 1. The van der Waals surface area contributed by atoms with Crippen LogP contribution in [0.2, 0.25) is 0 Å². The molecule has 1 heterocycles. The summed E-state index contributed by atoms with van der Waals surface area (Å²) >= 11 is 0. The first-order valence-electron chi connectivity index (χ1n) is 6.79. The van der Waals surface area contributed by atoms with Gasteiger partial charge >= 0.3 is 0 Å². The van der Waals surface area contributed by atoms with E-state index < -0.39 is 0 Å². The summed E-state index contributed by atoms with van der Waals surface area (Å²) in [5.74, 6) is 0.296. The van der Waals surface area contributed by atoms with E-state index in [-0.39, 0.29) is 5.54 Å². The van der Waals surface area contributed by atoms with Crippen molar-refractivity contribution in [1.29, 1.82) is 0 Å². The Hall–Kier alpha value is -0.610. The number of nitrogens with two attached hydrogens (primary N) is 1. The molecule has 2 rings (SSSR count). The molecule has 0 bridgehead atoms. The fraction of sp³-hybridized carbons (Fsp3) is 0.923. The van der Waals surface area contributed by atoms with Crippen molar-refractivity contribution < 1.29 is 4.79 Å². The first kappa shape index (κ1) is 12.8. The zero-order valence-electron chi connectivity index (χ0n) is 11.1. The maximum absolute atomic E-state index is 12.2. The van der Waals surface area contributed by atoms with Gasteiger partial charge in [-0.1, -0.05) is 12.8 Å². The lowest BCUT2D eigenvalue weighted by Gasteiger charge is -2.44. The van der Waals surface area contributed by atoms with Crippen LogP contribution >= 0.6 is 0 Å². The minimum Gasteiger partial charge on any atom is -0.337 e.